The average molecular weight is 286 g/mol. The van der Waals surface area contributed by atoms with Crippen LogP contribution in [-0.2, 0) is 0 Å². The Bertz CT molecular complexity index is 420. The zero-order valence-electron chi connectivity index (χ0n) is 8.65. The van der Waals surface area contributed by atoms with E-state index in [-0.39, 0.29) is 5.91 Å². The van der Waals surface area contributed by atoms with Gasteiger partial charge < -0.3 is 14.7 Å². The van der Waals surface area contributed by atoms with E-state index in [2.05, 4.69) is 26.4 Å². The smallest absolute Gasteiger partial charge is 0.292 e. The van der Waals surface area contributed by atoms with E-state index in [1.54, 1.807) is 6.07 Å². The molecule has 2 unspecified atom stereocenters. The molecule has 1 aromatic heterocycles. The molecule has 16 heavy (non-hydrogen) atoms. The van der Waals surface area contributed by atoms with E-state index < -0.39 is 0 Å². The Morgan fingerprint density at radius 2 is 2.56 bits per heavy atom. The zero-order valence-corrected chi connectivity index (χ0v) is 10.2. The normalized spacial score (nSPS) is 28.4. The van der Waals surface area contributed by atoms with E-state index in [1.165, 1.54) is 0 Å². The summed E-state index contributed by atoms with van der Waals surface area (Å²) >= 11 is 3.17. The van der Waals surface area contributed by atoms with Crippen LogP contribution in [0.15, 0.2) is 15.2 Å². The van der Waals surface area contributed by atoms with Crippen LogP contribution in [0.1, 0.15) is 17.0 Å². The average Bonchev–Trinajstić information content (AvgIpc) is 2.67. The molecule has 2 atom stereocenters. The number of nitrogens with one attached hydrogen (secondary N) is 1. The van der Waals surface area contributed by atoms with Crippen LogP contribution in [0, 0.1) is 5.92 Å². The maximum atomic E-state index is 12.0. The van der Waals surface area contributed by atoms with E-state index in [0.29, 0.717) is 22.3 Å². The molecule has 1 amide bonds. The summed E-state index contributed by atoms with van der Waals surface area (Å²) < 4.78 is 5.53. The van der Waals surface area contributed by atoms with Gasteiger partial charge in [0.1, 0.15) is 4.60 Å². The van der Waals surface area contributed by atoms with Crippen molar-refractivity contribution in [2.45, 2.75) is 12.5 Å². The number of hydrogen-bond acceptors (Lipinski definition) is 4. The molecule has 5 nitrogen and oxygen atoms in total. The van der Waals surface area contributed by atoms with Crippen LogP contribution < -0.4 is 5.32 Å². The lowest BCUT2D eigenvalue weighted by atomic mass is 9.83. The van der Waals surface area contributed by atoms with Crippen LogP contribution >= 0.6 is 15.9 Å². The topological polar surface area (TPSA) is 58.4 Å². The number of hydrogen-bond donors (Lipinski definition) is 1. The fraction of sp³-hybridized carbons (Fsp3) is 0.600. The van der Waals surface area contributed by atoms with Gasteiger partial charge in [0, 0.05) is 31.1 Å². The number of carbonyl (C=O) groups is 1. The number of amides is 1. The van der Waals surface area contributed by atoms with Gasteiger partial charge in [-0.25, -0.2) is 0 Å². The predicted octanol–water partition coefficient (Wildman–Crippen LogP) is 0.871. The van der Waals surface area contributed by atoms with Gasteiger partial charge in [-0.05, 0) is 28.9 Å². The highest BCUT2D eigenvalue weighted by Crippen LogP contribution is 2.31. The van der Waals surface area contributed by atoms with Gasteiger partial charge in [0.2, 0.25) is 5.76 Å². The summed E-state index contributed by atoms with van der Waals surface area (Å²) in [6.07, 6.45) is 1.03. The third-order valence-electron chi connectivity index (χ3n) is 3.35. The Morgan fingerprint density at radius 1 is 1.69 bits per heavy atom. The van der Waals surface area contributed by atoms with Crippen molar-refractivity contribution in [2.75, 3.05) is 19.6 Å². The quantitative estimate of drug-likeness (QED) is 0.832. The van der Waals surface area contributed by atoms with Crippen molar-refractivity contribution in [3.05, 3.63) is 16.4 Å². The van der Waals surface area contributed by atoms with Crippen LogP contribution in [0.4, 0.5) is 0 Å². The summed E-state index contributed by atoms with van der Waals surface area (Å²) in [4.78, 5) is 13.9. The van der Waals surface area contributed by atoms with Crippen molar-refractivity contribution in [2.24, 2.45) is 5.92 Å². The Kier molecular flexibility index (Phi) is 2.48. The first-order valence-electron chi connectivity index (χ1n) is 5.39. The molecule has 3 heterocycles. The van der Waals surface area contributed by atoms with Crippen molar-refractivity contribution >= 4 is 21.8 Å². The maximum absolute atomic E-state index is 12.0. The minimum absolute atomic E-state index is 0.0404. The monoisotopic (exact) mass is 285 g/mol. The molecular weight excluding hydrogens is 274 g/mol. The van der Waals surface area contributed by atoms with Gasteiger partial charge in [-0.1, -0.05) is 5.16 Å². The first kappa shape index (κ1) is 10.3. The van der Waals surface area contributed by atoms with Gasteiger partial charge in [-0.2, -0.15) is 0 Å². The number of likely N-dealkylation sites (tertiary alicyclic amines) is 1. The SMILES string of the molecule is O=C(c1cc(Br)no1)N1CC2CNCCC21. The number of carbonyl (C=O) groups excluding carboxylic acids is 1. The minimum Gasteiger partial charge on any atom is -0.350 e. The number of nitrogens with zero attached hydrogens (tertiary/aromatic N) is 2. The van der Waals surface area contributed by atoms with Crippen LogP contribution in [0.3, 0.4) is 0 Å². The van der Waals surface area contributed by atoms with Crippen LogP contribution in [-0.4, -0.2) is 41.6 Å². The van der Waals surface area contributed by atoms with Crippen molar-refractivity contribution in [1.82, 2.24) is 15.4 Å². The Balaban J connectivity index is 1.72. The number of fused-ring (bicyclic) bond motifs is 1. The second-order valence-corrected chi connectivity index (χ2v) is 5.10. The number of rotatable bonds is 1. The van der Waals surface area contributed by atoms with E-state index in [0.717, 1.165) is 26.1 Å². The lowest BCUT2D eigenvalue weighted by Gasteiger charge is -2.50. The number of piperidine rings is 1. The molecule has 0 aromatic carbocycles. The van der Waals surface area contributed by atoms with E-state index in [4.69, 9.17) is 4.52 Å². The summed E-state index contributed by atoms with van der Waals surface area (Å²) in [6.45, 7) is 2.84. The summed E-state index contributed by atoms with van der Waals surface area (Å²) in [5.74, 6) is 0.897. The number of halogens is 1. The largest absolute Gasteiger partial charge is 0.350 e. The minimum atomic E-state index is -0.0404. The second-order valence-electron chi connectivity index (χ2n) is 4.29. The van der Waals surface area contributed by atoms with Gasteiger partial charge in [0.15, 0.2) is 0 Å². The highest BCUT2D eigenvalue weighted by atomic mass is 79.9. The fourth-order valence-electron chi connectivity index (χ4n) is 2.49. The summed E-state index contributed by atoms with van der Waals surface area (Å²) in [7, 11) is 0. The molecule has 86 valence electrons. The molecule has 2 fully saturated rings. The molecular formula is C10H12BrN3O2. The number of aromatic nitrogens is 1. The van der Waals surface area contributed by atoms with E-state index in [9.17, 15) is 4.79 Å². The summed E-state index contributed by atoms with van der Waals surface area (Å²) in [5.41, 5.74) is 0. The first-order valence-corrected chi connectivity index (χ1v) is 6.19. The highest BCUT2D eigenvalue weighted by molar-refractivity contribution is 9.10. The van der Waals surface area contributed by atoms with Crippen LogP contribution in [0.5, 0.6) is 0 Å². The molecule has 0 spiro atoms. The molecule has 6 heteroatoms. The Labute approximate surface area is 101 Å². The molecule has 0 saturated carbocycles. The third kappa shape index (κ3) is 1.56. The Hall–Kier alpha value is -0.880. The molecule has 0 aliphatic carbocycles. The van der Waals surface area contributed by atoms with Crippen molar-refractivity contribution in [3.8, 4) is 0 Å². The maximum Gasteiger partial charge on any atom is 0.292 e. The van der Waals surface area contributed by atoms with Crippen molar-refractivity contribution in [3.63, 3.8) is 0 Å². The van der Waals surface area contributed by atoms with Crippen molar-refractivity contribution in [1.29, 1.82) is 0 Å². The summed E-state index contributed by atoms with van der Waals surface area (Å²) in [6, 6.07) is 2.01. The molecule has 0 radical (unpaired) electrons. The molecule has 2 saturated heterocycles. The lowest BCUT2D eigenvalue weighted by Crippen LogP contribution is -2.64. The fourth-order valence-corrected chi connectivity index (χ4v) is 2.77. The highest BCUT2D eigenvalue weighted by Gasteiger charge is 2.43. The van der Waals surface area contributed by atoms with Crippen LogP contribution in [0.2, 0.25) is 0 Å². The lowest BCUT2D eigenvalue weighted by molar-refractivity contribution is -0.000503. The van der Waals surface area contributed by atoms with Gasteiger partial charge in [0.05, 0.1) is 0 Å². The Morgan fingerprint density at radius 3 is 3.25 bits per heavy atom. The molecule has 0 bridgehead atoms. The predicted molar refractivity (Wildman–Crippen MR) is 60.0 cm³/mol. The second kappa shape index (κ2) is 3.85. The molecule has 2 aliphatic rings. The summed E-state index contributed by atoms with van der Waals surface area (Å²) in [5, 5.41) is 7.00. The first-order chi connectivity index (χ1) is 7.75. The van der Waals surface area contributed by atoms with E-state index in [1.807, 2.05) is 4.90 Å². The van der Waals surface area contributed by atoms with Gasteiger partial charge in [-0.3, -0.25) is 4.79 Å². The molecule has 1 N–H and O–H groups in total. The third-order valence-corrected chi connectivity index (χ3v) is 3.73. The molecule has 1 aromatic rings. The van der Waals surface area contributed by atoms with E-state index >= 15 is 0 Å². The van der Waals surface area contributed by atoms with Crippen molar-refractivity contribution < 1.29 is 9.32 Å². The van der Waals surface area contributed by atoms with Gasteiger partial charge >= 0.3 is 0 Å². The molecule has 3 rings (SSSR count). The van der Waals surface area contributed by atoms with Crippen LogP contribution in [0.25, 0.3) is 0 Å². The van der Waals surface area contributed by atoms with Gasteiger partial charge in [-0.15, -0.1) is 0 Å². The molecule has 2 aliphatic heterocycles. The standard InChI is InChI=1S/C10H12BrN3O2/c11-9-3-8(16-13-9)10(15)14-5-6-4-12-2-1-7(6)14/h3,6-7,12H,1-2,4-5H2. The zero-order chi connectivity index (χ0) is 11.1. The van der Waals surface area contributed by atoms with Gasteiger partial charge in [0.25, 0.3) is 5.91 Å².